The van der Waals surface area contributed by atoms with Crippen molar-refractivity contribution in [1.29, 1.82) is 0 Å². The molecular weight excluding hydrogens is 336 g/mol. The predicted molar refractivity (Wildman–Crippen MR) is 93.2 cm³/mol. The third-order valence-electron chi connectivity index (χ3n) is 4.55. The van der Waals surface area contributed by atoms with Crippen LogP contribution in [0.4, 0.5) is 0 Å². The van der Waals surface area contributed by atoms with Crippen molar-refractivity contribution in [3.63, 3.8) is 0 Å². The number of aryl methyl sites for hydroxylation is 1. The van der Waals surface area contributed by atoms with Gasteiger partial charge in [-0.3, -0.25) is 4.79 Å². The molecule has 7 heteroatoms. The minimum absolute atomic E-state index is 0.107. The summed E-state index contributed by atoms with van der Waals surface area (Å²) in [4.78, 5) is 25.5. The van der Waals surface area contributed by atoms with E-state index < -0.39 is 12.1 Å². The zero-order valence-corrected chi connectivity index (χ0v) is 14.6. The van der Waals surface area contributed by atoms with Crippen LogP contribution < -0.4 is 0 Å². The van der Waals surface area contributed by atoms with Crippen LogP contribution in [0.5, 0.6) is 0 Å². The molecule has 138 valence electrons. The number of aliphatic hydroxyl groups excluding tert-OH is 1. The number of carboxylic acids is 1. The highest BCUT2D eigenvalue weighted by molar-refractivity contribution is 5.94. The molecular formula is C19H22N2O5. The van der Waals surface area contributed by atoms with Gasteiger partial charge < -0.3 is 19.6 Å². The smallest absolute Gasteiger partial charge is 0.341 e. The summed E-state index contributed by atoms with van der Waals surface area (Å²) in [6.07, 6.45) is 1.80. The van der Waals surface area contributed by atoms with Crippen molar-refractivity contribution < 1.29 is 24.3 Å². The van der Waals surface area contributed by atoms with E-state index in [2.05, 4.69) is 5.16 Å². The number of β-amino-alcohol motifs (C(OH)–C–C–N with tert-alkyl or cyclic N) is 1. The summed E-state index contributed by atoms with van der Waals surface area (Å²) < 4.78 is 5.25. The third-order valence-corrected chi connectivity index (χ3v) is 4.55. The number of aliphatic hydroxyl groups is 1. The zero-order chi connectivity index (χ0) is 18.7. The molecule has 1 unspecified atom stereocenters. The molecule has 1 atom stereocenters. The predicted octanol–water partition coefficient (Wildman–Crippen LogP) is 2.12. The number of carbonyl (C=O) groups excluding carboxylic acids is 1. The summed E-state index contributed by atoms with van der Waals surface area (Å²) in [6, 6.07) is 7.00. The molecule has 1 fully saturated rings. The molecule has 1 aliphatic rings. The maximum Gasteiger partial charge on any atom is 0.341 e. The third kappa shape index (κ3) is 3.77. The van der Waals surface area contributed by atoms with Gasteiger partial charge >= 0.3 is 5.97 Å². The number of likely N-dealkylation sites (tertiary alicyclic amines) is 1. The van der Waals surface area contributed by atoms with Crippen molar-refractivity contribution in [2.45, 2.75) is 38.7 Å². The second kappa shape index (κ2) is 7.70. The molecule has 1 aliphatic heterocycles. The first-order chi connectivity index (χ1) is 12.5. The molecule has 0 aliphatic carbocycles. The maximum atomic E-state index is 12.4. The molecule has 1 saturated heterocycles. The highest BCUT2D eigenvalue weighted by Gasteiger charge is 2.25. The minimum Gasteiger partial charge on any atom is -0.477 e. The minimum atomic E-state index is -1.04. The molecule has 2 heterocycles. The van der Waals surface area contributed by atoms with Crippen LogP contribution in [0, 0.1) is 0 Å². The number of aromatic carboxylic acids is 1. The second-order valence-corrected chi connectivity index (χ2v) is 6.55. The summed E-state index contributed by atoms with van der Waals surface area (Å²) >= 11 is 0. The van der Waals surface area contributed by atoms with E-state index in [9.17, 15) is 19.8 Å². The Kier molecular flexibility index (Phi) is 5.37. The number of carboxylic acid groups (broad SMARTS) is 1. The van der Waals surface area contributed by atoms with E-state index in [4.69, 9.17) is 4.52 Å². The number of carbonyl (C=O) groups is 2. The topological polar surface area (TPSA) is 104 Å². The Morgan fingerprint density at radius 1 is 1.31 bits per heavy atom. The van der Waals surface area contributed by atoms with Crippen molar-refractivity contribution in [3.8, 4) is 0 Å². The molecule has 0 bridgehead atoms. The van der Waals surface area contributed by atoms with E-state index in [-0.39, 0.29) is 11.5 Å². The van der Waals surface area contributed by atoms with Crippen LogP contribution in [-0.4, -0.2) is 51.3 Å². The molecule has 1 aromatic heterocycles. The Labute approximate surface area is 151 Å². The normalized spacial score (nSPS) is 16.8. The Morgan fingerprint density at radius 2 is 2.04 bits per heavy atom. The Hall–Kier alpha value is -2.67. The standard InChI is InChI=1S/C19H22N2O5/c1-2-3-15-17(19(24)25)16(26-20-15)10-12-4-6-13(7-5-12)18(23)21-9-8-14(22)11-21/h4-7,14,22H,2-3,8-11H2,1H3,(H,24,25). The van der Waals surface area contributed by atoms with Crippen LogP contribution in [0.15, 0.2) is 28.8 Å². The van der Waals surface area contributed by atoms with Gasteiger partial charge in [0.1, 0.15) is 5.56 Å². The van der Waals surface area contributed by atoms with Crippen molar-refractivity contribution >= 4 is 11.9 Å². The summed E-state index contributed by atoms with van der Waals surface area (Å²) in [6.45, 7) is 2.87. The monoisotopic (exact) mass is 358 g/mol. The van der Waals surface area contributed by atoms with Gasteiger partial charge in [-0.15, -0.1) is 0 Å². The lowest BCUT2D eigenvalue weighted by Crippen LogP contribution is -2.29. The molecule has 3 rings (SSSR count). The van der Waals surface area contributed by atoms with Gasteiger partial charge in [0.05, 0.1) is 11.8 Å². The van der Waals surface area contributed by atoms with Crippen LogP contribution in [0.3, 0.4) is 0 Å². The van der Waals surface area contributed by atoms with Gasteiger partial charge in [0, 0.05) is 25.1 Å². The fourth-order valence-corrected chi connectivity index (χ4v) is 3.19. The molecule has 2 aromatic rings. The molecule has 0 spiro atoms. The van der Waals surface area contributed by atoms with Gasteiger partial charge in [-0.2, -0.15) is 0 Å². The average molecular weight is 358 g/mol. The quantitative estimate of drug-likeness (QED) is 0.820. The van der Waals surface area contributed by atoms with E-state index in [1.54, 1.807) is 29.2 Å². The zero-order valence-electron chi connectivity index (χ0n) is 14.6. The summed E-state index contributed by atoms with van der Waals surface area (Å²) in [5.41, 5.74) is 1.99. The van der Waals surface area contributed by atoms with Gasteiger partial charge in [-0.1, -0.05) is 30.6 Å². The molecule has 1 amide bonds. The van der Waals surface area contributed by atoms with Crippen molar-refractivity contribution in [1.82, 2.24) is 10.1 Å². The first kappa shape index (κ1) is 18.1. The molecule has 26 heavy (non-hydrogen) atoms. The molecule has 2 N–H and O–H groups in total. The van der Waals surface area contributed by atoms with Gasteiger partial charge in [0.25, 0.3) is 5.91 Å². The lowest BCUT2D eigenvalue weighted by molar-refractivity contribution is 0.0692. The van der Waals surface area contributed by atoms with E-state index >= 15 is 0 Å². The lowest BCUT2D eigenvalue weighted by Gasteiger charge is -2.15. The van der Waals surface area contributed by atoms with Crippen molar-refractivity contribution in [3.05, 3.63) is 52.4 Å². The van der Waals surface area contributed by atoms with Crippen LogP contribution in [0.25, 0.3) is 0 Å². The summed E-state index contributed by atoms with van der Waals surface area (Å²) in [7, 11) is 0. The molecule has 1 aromatic carbocycles. The number of benzene rings is 1. The van der Waals surface area contributed by atoms with Gasteiger partial charge in [0.15, 0.2) is 5.76 Å². The number of amides is 1. The van der Waals surface area contributed by atoms with Crippen molar-refractivity contribution in [2.75, 3.05) is 13.1 Å². The summed E-state index contributed by atoms with van der Waals surface area (Å²) in [5.74, 6) is -0.823. The first-order valence-corrected chi connectivity index (χ1v) is 8.76. The van der Waals surface area contributed by atoms with Crippen LogP contribution in [0.2, 0.25) is 0 Å². The number of hydrogen-bond donors (Lipinski definition) is 2. The highest BCUT2D eigenvalue weighted by atomic mass is 16.5. The van der Waals surface area contributed by atoms with Gasteiger partial charge in [0.2, 0.25) is 0 Å². The Morgan fingerprint density at radius 3 is 2.62 bits per heavy atom. The number of aromatic nitrogens is 1. The highest BCUT2D eigenvalue weighted by Crippen LogP contribution is 2.21. The average Bonchev–Trinajstić information content (AvgIpc) is 3.22. The molecule has 0 saturated carbocycles. The molecule has 0 radical (unpaired) electrons. The number of nitrogens with zero attached hydrogens (tertiary/aromatic N) is 2. The largest absolute Gasteiger partial charge is 0.477 e. The number of hydrogen-bond acceptors (Lipinski definition) is 5. The summed E-state index contributed by atoms with van der Waals surface area (Å²) in [5, 5.41) is 22.9. The van der Waals surface area contributed by atoms with Gasteiger partial charge in [-0.05, 0) is 30.5 Å². The fourth-order valence-electron chi connectivity index (χ4n) is 3.19. The van der Waals surface area contributed by atoms with E-state index in [1.165, 1.54) is 0 Å². The molecule has 7 nitrogen and oxygen atoms in total. The van der Waals surface area contributed by atoms with Crippen LogP contribution in [-0.2, 0) is 12.8 Å². The first-order valence-electron chi connectivity index (χ1n) is 8.76. The number of rotatable bonds is 6. The SMILES string of the molecule is CCCc1noc(Cc2ccc(C(=O)N3CCC(O)C3)cc2)c1C(=O)O. The Bertz CT molecular complexity index is 797. The van der Waals surface area contributed by atoms with Crippen molar-refractivity contribution in [2.24, 2.45) is 0 Å². The van der Waals surface area contributed by atoms with Crippen LogP contribution >= 0.6 is 0 Å². The maximum absolute atomic E-state index is 12.4. The lowest BCUT2D eigenvalue weighted by atomic mass is 10.0. The van der Waals surface area contributed by atoms with Crippen LogP contribution in [0.1, 0.15) is 57.5 Å². The van der Waals surface area contributed by atoms with E-state index in [1.807, 2.05) is 6.92 Å². The Balaban J connectivity index is 1.74. The van der Waals surface area contributed by atoms with Gasteiger partial charge in [-0.25, -0.2) is 4.79 Å². The van der Waals surface area contributed by atoms with E-state index in [0.717, 1.165) is 12.0 Å². The second-order valence-electron chi connectivity index (χ2n) is 6.55. The fraction of sp³-hybridized carbons (Fsp3) is 0.421. The van der Waals surface area contributed by atoms with E-state index in [0.29, 0.717) is 49.4 Å².